The van der Waals surface area contributed by atoms with Gasteiger partial charge in [-0.25, -0.2) is 0 Å². The van der Waals surface area contributed by atoms with E-state index in [1.807, 2.05) is 85.1 Å². The van der Waals surface area contributed by atoms with E-state index in [2.05, 4.69) is 29.1 Å². The first-order chi connectivity index (χ1) is 15.4. The van der Waals surface area contributed by atoms with E-state index in [0.717, 1.165) is 30.6 Å². The number of oxime groups is 1. The first-order valence-corrected chi connectivity index (χ1v) is 10.8. The first kappa shape index (κ1) is 20.9. The smallest absolute Gasteiger partial charge is 0.213 e. The molecule has 0 aromatic heterocycles. The quantitative estimate of drug-likeness (QED) is 0.259. The van der Waals surface area contributed by atoms with Crippen LogP contribution in [0.5, 0.6) is 0 Å². The van der Waals surface area contributed by atoms with Gasteiger partial charge in [-0.2, -0.15) is 0 Å². The highest BCUT2D eigenvalue weighted by atomic mass is 16.6. The minimum Gasteiger partial charge on any atom is -0.376 e. The zero-order chi connectivity index (χ0) is 21.1. The molecule has 0 bridgehead atoms. The predicted octanol–water partition coefficient (Wildman–Crippen LogP) is 6.02. The van der Waals surface area contributed by atoms with E-state index < -0.39 is 0 Å². The lowest BCUT2D eigenvalue weighted by Crippen LogP contribution is -2.28. The van der Waals surface area contributed by atoms with Crippen LogP contribution in [0.4, 0.5) is 0 Å². The standard InChI is InChI=1S/C28H27NO2/c1-4-10-23(11-5-1)16-17-28(27-14-8-3-9-15-27)31-29-20-25-18-26(19-25)22-30-21-24-12-6-2-7-13-24/h1-15,20,25-26,28H,18-19,21-22H2/b29-20+/t25?,26?,28-/m0/s1. The third-order valence-electron chi connectivity index (χ3n) is 5.40. The maximum absolute atomic E-state index is 5.85. The Hall–Kier alpha value is -3.35. The van der Waals surface area contributed by atoms with Crippen molar-refractivity contribution in [1.82, 2.24) is 0 Å². The molecule has 0 unspecified atom stereocenters. The molecule has 1 fully saturated rings. The van der Waals surface area contributed by atoms with Crippen LogP contribution in [0, 0.1) is 23.7 Å². The number of hydrogen-bond acceptors (Lipinski definition) is 3. The molecular formula is C28H27NO2. The van der Waals surface area contributed by atoms with Crippen molar-refractivity contribution < 1.29 is 9.57 Å². The second-order valence-electron chi connectivity index (χ2n) is 7.88. The highest BCUT2D eigenvalue weighted by Gasteiger charge is 2.28. The van der Waals surface area contributed by atoms with Gasteiger partial charge in [0.1, 0.15) is 0 Å². The van der Waals surface area contributed by atoms with Crippen molar-refractivity contribution in [2.45, 2.75) is 25.6 Å². The average molecular weight is 410 g/mol. The molecule has 1 saturated carbocycles. The summed E-state index contributed by atoms with van der Waals surface area (Å²) in [5.41, 5.74) is 3.19. The van der Waals surface area contributed by atoms with Crippen molar-refractivity contribution in [3.8, 4) is 11.8 Å². The third-order valence-corrected chi connectivity index (χ3v) is 5.40. The summed E-state index contributed by atoms with van der Waals surface area (Å²) < 4.78 is 5.85. The van der Waals surface area contributed by atoms with E-state index in [-0.39, 0.29) is 6.10 Å². The maximum Gasteiger partial charge on any atom is 0.213 e. The van der Waals surface area contributed by atoms with Gasteiger partial charge in [0.2, 0.25) is 6.10 Å². The minimum atomic E-state index is -0.386. The fourth-order valence-electron chi connectivity index (χ4n) is 3.61. The fourth-order valence-corrected chi connectivity index (χ4v) is 3.61. The van der Waals surface area contributed by atoms with Crippen LogP contribution in [-0.2, 0) is 16.2 Å². The summed E-state index contributed by atoms with van der Waals surface area (Å²) in [6, 6.07) is 30.2. The van der Waals surface area contributed by atoms with E-state index in [1.165, 1.54) is 5.56 Å². The molecule has 0 spiro atoms. The topological polar surface area (TPSA) is 30.8 Å². The molecular weight excluding hydrogens is 382 g/mol. The van der Waals surface area contributed by atoms with Crippen LogP contribution in [0.25, 0.3) is 0 Å². The van der Waals surface area contributed by atoms with Gasteiger partial charge >= 0.3 is 0 Å². The molecule has 31 heavy (non-hydrogen) atoms. The monoisotopic (exact) mass is 409 g/mol. The molecule has 0 radical (unpaired) electrons. The summed E-state index contributed by atoms with van der Waals surface area (Å²) >= 11 is 0. The van der Waals surface area contributed by atoms with Crippen molar-refractivity contribution in [1.29, 1.82) is 0 Å². The summed E-state index contributed by atoms with van der Waals surface area (Å²) in [7, 11) is 0. The predicted molar refractivity (Wildman–Crippen MR) is 124 cm³/mol. The van der Waals surface area contributed by atoms with Gasteiger partial charge in [0.15, 0.2) is 0 Å². The second-order valence-corrected chi connectivity index (χ2v) is 7.88. The highest BCUT2D eigenvalue weighted by molar-refractivity contribution is 5.61. The molecule has 0 aliphatic heterocycles. The van der Waals surface area contributed by atoms with Gasteiger partial charge in [0.05, 0.1) is 6.61 Å². The molecule has 1 aliphatic rings. The Morgan fingerprint density at radius 3 is 2.23 bits per heavy atom. The second kappa shape index (κ2) is 11.2. The van der Waals surface area contributed by atoms with Crippen LogP contribution in [0.3, 0.4) is 0 Å². The van der Waals surface area contributed by atoms with Crippen molar-refractivity contribution in [2.75, 3.05) is 6.61 Å². The summed E-state index contributed by atoms with van der Waals surface area (Å²) in [5.74, 6) is 7.44. The van der Waals surface area contributed by atoms with Crippen LogP contribution in [0.15, 0.2) is 96.2 Å². The van der Waals surface area contributed by atoms with Crippen molar-refractivity contribution in [3.63, 3.8) is 0 Å². The van der Waals surface area contributed by atoms with Gasteiger partial charge in [-0.1, -0.05) is 89.9 Å². The molecule has 1 atom stereocenters. The Kier molecular flexibility index (Phi) is 7.52. The van der Waals surface area contributed by atoms with Crippen molar-refractivity contribution >= 4 is 6.21 Å². The summed E-state index contributed by atoms with van der Waals surface area (Å²) in [6.45, 7) is 1.48. The van der Waals surface area contributed by atoms with E-state index in [9.17, 15) is 0 Å². The number of hydrogen-bond donors (Lipinski definition) is 0. The number of ether oxygens (including phenoxy) is 1. The van der Waals surface area contributed by atoms with Gasteiger partial charge in [-0.05, 0) is 48.3 Å². The van der Waals surface area contributed by atoms with Crippen LogP contribution in [0.1, 0.15) is 35.6 Å². The summed E-state index contributed by atoms with van der Waals surface area (Å²) in [4.78, 5) is 5.80. The first-order valence-electron chi connectivity index (χ1n) is 10.8. The van der Waals surface area contributed by atoms with Crippen molar-refractivity contribution in [2.24, 2.45) is 17.0 Å². The summed E-state index contributed by atoms with van der Waals surface area (Å²) in [5, 5.41) is 4.28. The molecule has 3 aromatic carbocycles. The lowest BCUT2D eigenvalue weighted by atomic mass is 9.76. The fraction of sp³-hybridized carbons (Fsp3) is 0.250. The molecule has 3 aromatic rings. The molecule has 0 N–H and O–H groups in total. The molecule has 156 valence electrons. The Morgan fingerprint density at radius 2 is 1.52 bits per heavy atom. The normalized spacial score (nSPS) is 18.6. The zero-order valence-electron chi connectivity index (χ0n) is 17.6. The lowest BCUT2D eigenvalue weighted by Gasteiger charge is -2.32. The van der Waals surface area contributed by atoms with Gasteiger partial charge in [0.25, 0.3) is 0 Å². The molecule has 0 saturated heterocycles. The lowest BCUT2D eigenvalue weighted by molar-refractivity contribution is 0.0474. The molecule has 0 amide bonds. The minimum absolute atomic E-state index is 0.386. The average Bonchev–Trinajstić information content (AvgIpc) is 2.81. The van der Waals surface area contributed by atoms with Gasteiger partial charge in [-0.3, -0.25) is 0 Å². The SMILES string of the molecule is C(#C[C@H](O/N=C/C1CC(COCc2ccccc2)C1)c1ccccc1)c1ccccc1. The largest absolute Gasteiger partial charge is 0.376 e. The number of nitrogens with zero attached hydrogens (tertiary/aromatic N) is 1. The molecule has 4 rings (SSSR count). The molecule has 3 heteroatoms. The van der Waals surface area contributed by atoms with Gasteiger partial charge < -0.3 is 9.57 Å². The van der Waals surface area contributed by atoms with Gasteiger partial charge in [-0.15, -0.1) is 0 Å². The third kappa shape index (κ3) is 6.57. The van der Waals surface area contributed by atoms with E-state index in [0.29, 0.717) is 18.4 Å². The van der Waals surface area contributed by atoms with Crippen LogP contribution in [-0.4, -0.2) is 12.8 Å². The maximum atomic E-state index is 5.85. The number of benzene rings is 3. The zero-order valence-corrected chi connectivity index (χ0v) is 17.6. The Morgan fingerprint density at radius 1 is 0.871 bits per heavy atom. The van der Waals surface area contributed by atoms with Crippen LogP contribution < -0.4 is 0 Å². The van der Waals surface area contributed by atoms with Crippen LogP contribution in [0.2, 0.25) is 0 Å². The molecule has 1 aliphatic carbocycles. The summed E-state index contributed by atoms with van der Waals surface area (Å²) in [6.07, 6.45) is 3.72. The Labute approximate surface area is 184 Å². The highest BCUT2D eigenvalue weighted by Crippen LogP contribution is 2.33. The van der Waals surface area contributed by atoms with Crippen molar-refractivity contribution in [3.05, 3.63) is 108 Å². The molecule has 3 nitrogen and oxygen atoms in total. The van der Waals surface area contributed by atoms with E-state index >= 15 is 0 Å². The Bertz CT molecular complexity index is 1000. The van der Waals surface area contributed by atoms with E-state index in [4.69, 9.17) is 9.57 Å². The van der Waals surface area contributed by atoms with Gasteiger partial charge in [0, 0.05) is 23.9 Å². The molecule has 0 heterocycles. The Balaban J connectivity index is 1.25. The van der Waals surface area contributed by atoms with Crippen LogP contribution >= 0.6 is 0 Å². The number of rotatable bonds is 8. The van der Waals surface area contributed by atoms with E-state index in [1.54, 1.807) is 0 Å².